The lowest BCUT2D eigenvalue weighted by Crippen LogP contribution is -2.51. The van der Waals surface area contributed by atoms with Crippen LogP contribution in [0, 0.1) is 12.7 Å². The van der Waals surface area contributed by atoms with Gasteiger partial charge in [0.2, 0.25) is 11.8 Å². The molecule has 0 spiro atoms. The predicted molar refractivity (Wildman–Crippen MR) is 148 cm³/mol. The van der Waals surface area contributed by atoms with Crippen molar-refractivity contribution in [1.29, 1.82) is 0 Å². The van der Waals surface area contributed by atoms with Crippen LogP contribution in [0.25, 0.3) is 0 Å². The van der Waals surface area contributed by atoms with Crippen LogP contribution in [-0.4, -0.2) is 51.4 Å². The summed E-state index contributed by atoms with van der Waals surface area (Å²) in [6, 6.07) is 17.3. The number of halogens is 1. The molecule has 39 heavy (non-hydrogen) atoms. The van der Waals surface area contributed by atoms with Gasteiger partial charge in [0.1, 0.15) is 24.2 Å². The van der Waals surface area contributed by atoms with E-state index in [1.54, 1.807) is 43.3 Å². The fraction of sp³-hybridized carbons (Fsp3) is 0.310. The van der Waals surface area contributed by atoms with Crippen LogP contribution in [0.5, 0.6) is 5.75 Å². The maximum absolute atomic E-state index is 13.8. The smallest absolute Gasteiger partial charge is 0.264 e. The second-order valence-electron chi connectivity index (χ2n) is 9.14. The van der Waals surface area contributed by atoms with Crippen LogP contribution >= 0.6 is 0 Å². The van der Waals surface area contributed by atoms with E-state index >= 15 is 0 Å². The summed E-state index contributed by atoms with van der Waals surface area (Å²) >= 11 is 0. The van der Waals surface area contributed by atoms with Gasteiger partial charge >= 0.3 is 0 Å². The third-order valence-electron chi connectivity index (χ3n) is 6.21. The number of hydrogen-bond acceptors (Lipinski definition) is 5. The van der Waals surface area contributed by atoms with Crippen molar-refractivity contribution in [3.8, 4) is 5.75 Å². The van der Waals surface area contributed by atoms with E-state index in [9.17, 15) is 22.4 Å². The molecule has 0 aliphatic rings. The zero-order chi connectivity index (χ0) is 28.6. The van der Waals surface area contributed by atoms with Crippen LogP contribution in [0.3, 0.4) is 0 Å². The second kappa shape index (κ2) is 13.2. The number of carbonyl (C=O) groups excluding carboxylic acids is 2. The number of carbonyl (C=O) groups is 2. The van der Waals surface area contributed by atoms with Crippen LogP contribution in [0.15, 0.2) is 77.7 Å². The van der Waals surface area contributed by atoms with Gasteiger partial charge < -0.3 is 15.0 Å². The van der Waals surface area contributed by atoms with Crippen molar-refractivity contribution in [3.63, 3.8) is 0 Å². The van der Waals surface area contributed by atoms with E-state index < -0.39 is 34.3 Å². The zero-order valence-electron chi connectivity index (χ0n) is 22.6. The van der Waals surface area contributed by atoms with Crippen molar-refractivity contribution < 1.29 is 27.1 Å². The normalized spacial score (nSPS) is 11.9. The van der Waals surface area contributed by atoms with Gasteiger partial charge in [0.05, 0.1) is 17.7 Å². The van der Waals surface area contributed by atoms with Crippen molar-refractivity contribution in [2.45, 2.75) is 44.7 Å². The average molecular weight is 556 g/mol. The van der Waals surface area contributed by atoms with E-state index in [0.29, 0.717) is 17.9 Å². The van der Waals surface area contributed by atoms with Crippen molar-refractivity contribution in [2.24, 2.45) is 0 Å². The van der Waals surface area contributed by atoms with Crippen LogP contribution in [0.2, 0.25) is 0 Å². The molecule has 10 heteroatoms. The SMILES string of the molecule is CCCNC(=O)[C@H](C)N(Cc1cccc(OC)c1)C(=O)CN(c1ccc(F)cc1)S(=O)(=O)c1ccc(C)cc1. The number of benzene rings is 3. The fourth-order valence-corrected chi connectivity index (χ4v) is 5.33. The number of methoxy groups -OCH3 is 1. The minimum Gasteiger partial charge on any atom is -0.497 e. The molecule has 0 saturated carbocycles. The molecule has 1 N–H and O–H groups in total. The molecule has 2 amide bonds. The van der Waals surface area contributed by atoms with Gasteiger partial charge in [-0.15, -0.1) is 0 Å². The fourth-order valence-electron chi connectivity index (χ4n) is 3.92. The highest BCUT2D eigenvalue weighted by Gasteiger charge is 2.32. The molecule has 0 heterocycles. The highest BCUT2D eigenvalue weighted by atomic mass is 32.2. The summed E-state index contributed by atoms with van der Waals surface area (Å²) in [6.45, 7) is 5.23. The largest absolute Gasteiger partial charge is 0.497 e. The summed E-state index contributed by atoms with van der Waals surface area (Å²) in [6.07, 6.45) is 0.718. The summed E-state index contributed by atoms with van der Waals surface area (Å²) in [7, 11) is -2.69. The average Bonchev–Trinajstić information content (AvgIpc) is 2.93. The van der Waals surface area contributed by atoms with Crippen LogP contribution in [0.4, 0.5) is 10.1 Å². The standard InChI is InChI=1S/C29H34FN3O5S/c1-5-17-31-29(35)22(3)32(19-23-7-6-8-26(18-23)38-4)28(34)20-33(25-13-11-24(30)12-14-25)39(36,37)27-15-9-21(2)10-16-27/h6-16,18,22H,5,17,19-20H2,1-4H3,(H,31,35)/t22-/m0/s1. The molecule has 3 rings (SSSR count). The maximum Gasteiger partial charge on any atom is 0.264 e. The zero-order valence-corrected chi connectivity index (χ0v) is 23.4. The van der Waals surface area contributed by atoms with Gasteiger partial charge in [-0.3, -0.25) is 13.9 Å². The number of anilines is 1. The van der Waals surface area contributed by atoms with E-state index in [2.05, 4.69) is 5.32 Å². The van der Waals surface area contributed by atoms with Gasteiger partial charge in [0.15, 0.2) is 0 Å². The molecule has 0 aliphatic carbocycles. The number of amides is 2. The molecule has 0 aliphatic heterocycles. The quantitative estimate of drug-likeness (QED) is 0.360. The highest BCUT2D eigenvalue weighted by Crippen LogP contribution is 2.25. The van der Waals surface area contributed by atoms with E-state index in [-0.39, 0.29) is 23.0 Å². The first-order chi connectivity index (χ1) is 18.6. The van der Waals surface area contributed by atoms with Crippen LogP contribution < -0.4 is 14.4 Å². The summed E-state index contributed by atoms with van der Waals surface area (Å²) in [5.41, 5.74) is 1.69. The van der Waals surface area contributed by atoms with Crippen molar-refractivity contribution in [2.75, 3.05) is 24.5 Å². The summed E-state index contributed by atoms with van der Waals surface area (Å²) < 4.78 is 47.4. The van der Waals surface area contributed by atoms with E-state index in [1.165, 1.54) is 36.3 Å². The molecule has 0 unspecified atom stereocenters. The highest BCUT2D eigenvalue weighted by molar-refractivity contribution is 7.92. The Morgan fingerprint density at radius 3 is 2.31 bits per heavy atom. The number of hydrogen-bond donors (Lipinski definition) is 1. The molecule has 0 fully saturated rings. The monoisotopic (exact) mass is 555 g/mol. The number of nitrogens with one attached hydrogen (secondary N) is 1. The van der Waals surface area contributed by atoms with Crippen molar-refractivity contribution in [1.82, 2.24) is 10.2 Å². The number of aryl methyl sites for hydroxylation is 1. The van der Waals surface area contributed by atoms with Gasteiger partial charge in [-0.05, 0) is 74.4 Å². The third kappa shape index (κ3) is 7.57. The lowest BCUT2D eigenvalue weighted by molar-refractivity contribution is -0.139. The maximum atomic E-state index is 13.8. The topological polar surface area (TPSA) is 96.0 Å². The van der Waals surface area contributed by atoms with Gasteiger partial charge in [-0.1, -0.05) is 36.8 Å². The summed E-state index contributed by atoms with van der Waals surface area (Å²) in [4.78, 5) is 28.1. The van der Waals surface area contributed by atoms with Gasteiger partial charge in [-0.2, -0.15) is 0 Å². The lowest BCUT2D eigenvalue weighted by Gasteiger charge is -2.32. The Morgan fingerprint density at radius 2 is 1.69 bits per heavy atom. The first kappa shape index (κ1) is 29.6. The first-order valence-electron chi connectivity index (χ1n) is 12.6. The number of nitrogens with zero attached hydrogens (tertiary/aromatic N) is 2. The Morgan fingerprint density at radius 1 is 1.03 bits per heavy atom. The minimum atomic E-state index is -4.21. The third-order valence-corrected chi connectivity index (χ3v) is 7.99. The molecule has 3 aromatic rings. The number of sulfonamides is 1. The Balaban J connectivity index is 2.02. The molecular formula is C29H34FN3O5S. The van der Waals surface area contributed by atoms with E-state index in [4.69, 9.17) is 4.74 Å². The van der Waals surface area contributed by atoms with Crippen LogP contribution in [-0.2, 0) is 26.2 Å². The lowest BCUT2D eigenvalue weighted by atomic mass is 10.1. The van der Waals surface area contributed by atoms with Gasteiger partial charge in [-0.25, -0.2) is 12.8 Å². The van der Waals surface area contributed by atoms with E-state index in [1.807, 2.05) is 13.8 Å². The Hall–Kier alpha value is -3.92. The Kier molecular flexibility index (Phi) is 10.1. The summed E-state index contributed by atoms with van der Waals surface area (Å²) in [5, 5.41) is 2.80. The van der Waals surface area contributed by atoms with E-state index in [0.717, 1.165) is 28.4 Å². The number of rotatable bonds is 12. The molecular weight excluding hydrogens is 521 g/mol. The molecule has 1 atom stereocenters. The molecule has 8 nitrogen and oxygen atoms in total. The van der Waals surface area contributed by atoms with Gasteiger partial charge in [0.25, 0.3) is 10.0 Å². The molecule has 3 aromatic carbocycles. The molecule has 0 saturated heterocycles. The molecule has 0 radical (unpaired) electrons. The molecule has 0 aromatic heterocycles. The Labute approximate surface area is 229 Å². The first-order valence-corrected chi connectivity index (χ1v) is 14.1. The van der Waals surface area contributed by atoms with Crippen molar-refractivity contribution >= 4 is 27.5 Å². The second-order valence-corrected chi connectivity index (χ2v) is 11.0. The Bertz CT molecular complexity index is 1380. The van der Waals surface area contributed by atoms with Crippen LogP contribution in [0.1, 0.15) is 31.4 Å². The predicted octanol–water partition coefficient (Wildman–Crippen LogP) is 4.28. The number of ether oxygens (including phenoxy) is 1. The van der Waals surface area contributed by atoms with Crippen molar-refractivity contribution in [3.05, 3.63) is 89.7 Å². The summed E-state index contributed by atoms with van der Waals surface area (Å²) in [5.74, 6) is -0.920. The molecule has 208 valence electrons. The molecule has 0 bridgehead atoms. The van der Waals surface area contributed by atoms with Gasteiger partial charge in [0, 0.05) is 13.1 Å². The minimum absolute atomic E-state index is 0.0155.